The van der Waals surface area contributed by atoms with Crippen molar-refractivity contribution in [1.29, 1.82) is 0 Å². The van der Waals surface area contributed by atoms with Gasteiger partial charge in [0.05, 0.1) is 19.0 Å². The molecule has 0 aliphatic carbocycles. The molecule has 0 bridgehead atoms. The van der Waals surface area contributed by atoms with Gasteiger partial charge in [-0.25, -0.2) is 14.8 Å². The van der Waals surface area contributed by atoms with Crippen LogP contribution in [0.4, 0.5) is 13.2 Å². The van der Waals surface area contributed by atoms with Gasteiger partial charge in [-0.2, -0.15) is 13.2 Å². The molecule has 0 aliphatic rings. The molecule has 2 aromatic rings. The molecule has 0 saturated heterocycles. The number of halogens is 3. The minimum absolute atomic E-state index is 0.0161. The highest BCUT2D eigenvalue weighted by Gasteiger charge is 2.34. The van der Waals surface area contributed by atoms with Gasteiger partial charge in [-0.15, -0.1) is 0 Å². The van der Waals surface area contributed by atoms with Crippen molar-refractivity contribution in [2.45, 2.75) is 25.9 Å². The molecule has 0 amide bonds. The molecule has 0 fully saturated rings. The number of unbranched alkanes of at least 4 members (excludes halogenated alkanes) is 1. The highest BCUT2D eigenvalue weighted by Crippen LogP contribution is 2.29. The number of hydrogen-bond donors (Lipinski definition) is 0. The Bertz CT molecular complexity index is 622. The zero-order valence-electron chi connectivity index (χ0n) is 10.6. The van der Waals surface area contributed by atoms with E-state index in [2.05, 4.69) is 9.97 Å². The summed E-state index contributed by atoms with van der Waals surface area (Å²) in [5.41, 5.74) is -1.13. The maximum Gasteiger partial charge on any atom is 0.433 e. The van der Waals surface area contributed by atoms with Gasteiger partial charge < -0.3 is 4.74 Å². The highest BCUT2D eigenvalue weighted by atomic mass is 19.4. The van der Waals surface area contributed by atoms with Gasteiger partial charge in [-0.05, 0) is 6.42 Å². The molecule has 0 unspecified atom stereocenters. The predicted octanol–water partition coefficient (Wildman–Crippen LogP) is 2.71. The molecule has 20 heavy (non-hydrogen) atoms. The summed E-state index contributed by atoms with van der Waals surface area (Å²) in [5.74, 6) is -0.748. The number of aromatic nitrogens is 3. The average Bonchev–Trinajstić information content (AvgIpc) is 2.81. The minimum Gasteiger partial charge on any atom is -0.461 e. The SMILES string of the molecule is CCCCOC(=O)c1cn2c(C(F)(F)F)cnc2cn1. The first-order valence-electron chi connectivity index (χ1n) is 6.01. The van der Waals surface area contributed by atoms with E-state index in [-0.39, 0.29) is 17.9 Å². The van der Waals surface area contributed by atoms with Crippen molar-refractivity contribution in [1.82, 2.24) is 14.4 Å². The zero-order chi connectivity index (χ0) is 14.8. The third-order valence-electron chi connectivity index (χ3n) is 2.63. The quantitative estimate of drug-likeness (QED) is 0.641. The molecule has 2 rings (SSSR count). The maximum absolute atomic E-state index is 12.7. The van der Waals surface area contributed by atoms with Crippen LogP contribution < -0.4 is 0 Å². The van der Waals surface area contributed by atoms with Gasteiger partial charge in [0.2, 0.25) is 0 Å². The third kappa shape index (κ3) is 2.89. The second kappa shape index (κ2) is 5.48. The van der Waals surface area contributed by atoms with Gasteiger partial charge in [0, 0.05) is 6.20 Å². The first-order valence-corrected chi connectivity index (χ1v) is 6.01. The number of esters is 1. The number of fused-ring (bicyclic) bond motifs is 1. The Labute approximate surface area is 112 Å². The second-order valence-electron chi connectivity index (χ2n) is 4.13. The molecule has 0 radical (unpaired) electrons. The minimum atomic E-state index is -4.55. The van der Waals surface area contributed by atoms with Crippen LogP contribution in [-0.2, 0) is 10.9 Å². The van der Waals surface area contributed by atoms with E-state index in [0.717, 1.165) is 23.2 Å². The topological polar surface area (TPSA) is 56.5 Å². The van der Waals surface area contributed by atoms with Crippen LogP contribution in [0.3, 0.4) is 0 Å². The van der Waals surface area contributed by atoms with E-state index >= 15 is 0 Å². The van der Waals surface area contributed by atoms with Crippen molar-refractivity contribution in [3.05, 3.63) is 30.0 Å². The van der Waals surface area contributed by atoms with Crippen molar-refractivity contribution in [3.8, 4) is 0 Å². The molecular formula is C12H12F3N3O2. The molecule has 8 heteroatoms. The van der Waals surface area contributed by atoms with Crippen LogP contribution in [0.2, 0.25) is 0 Å². The van der Waals surface area contributed by atoms with Gasteiger partial charge in [-0.3, -0.25) is 4.40 Å². The Morgan fingerprint density at radius 3 is 2.75 bits per heavy atom. The number of imidazole rings is 1. The average molecular weight is 287 g/mol. The molecule has 0 N–H and O–H groups in total. The van der Waals surface area contributed by atoms with E-state index in [0.29, 0.717) is 12.6 Å². The van der Waals surface area contributed by atoms with Crippen LogP contribution in [-0.4, -0.2) is 26.9 Å². The number of carbonyl (C=O) groups excluding carboxylic acids is 1. The maximum atomic E-state index is 12.7. The Kier molecular flexibility index (Phi) is 3.91. The fraction of sp³-hybridized carbons (Fsp3) is 0.417. The molecule has 2 heterocycles. The molecule has 2 aromatic heterocycles. The van der Waals surface area contributed by atoms with E-state index in [1.165, 1.54) is 0 Å². The lowest BCUT2D eigenvalue weighted by atomic mass is 10.3. The number of carbonyl (C=O) groups is 1. The number of ether oxygens (including phenoxy) is 1. The van der Waals surface area contributed by atoms with Crippen LogP contribution in [0.1, 0.15) is 35.9 Å². The number of hydrogen-bond acceptors (Lipinski definition) is 4. The van der Waals surface area contributed by atoms with E-state index in [1.807, 2.05) is 6.92 Å². The summed E-state index contributed by atoms with van der Waals surface area (Å²) in [7, 11) is 0. The summed E-state index contributed by atoms with van der Waals surface area (Å²) in [4.78, 5) is 19.0. The van der Waals surface area contributed by atoms with Crippen molar-refractivity contribution in [2.24, 2.45) is 0 Å². The van der Waals surface area contributed by atoms with Crippen molar-refractivity contribution in [2.75, 3.05) is 6.61 Å². The van der Waals surface area contributed by atoms with Crippen molar-refractivity contribution < 1.29 is 22.7 Å². The molecule has 108 valence electrons. The van der Waals surface area contributed by atoms with Crippen LogP contribution in [0.15, 0.2) is 18.6 Å². The molecule has 5 nitrogen and oxygen atoms in total. The lowest BCUT2D eigenvalue weighted by Gasteiger charge is -2.07. The molecule has 0 atom stereocenters. The Balaban J connectivity index is 2.30. The summed E-state index contributed by atoms with van der Waals surface area (Å²) < 4.78 is 43.9. The fourth-order valence-electron chi connectivity index (χ4n) is 1.59. The highest BCUT2D eigenvalue weighted by molar-refractivity contribution is 5.87. The number of nitrogens with zero attached hydrogens (tertiary/aromatic N) is 3. The summed E-state index contributed by atoms with van der Waals surface area (Å²) in [6, 6.07) is 0. The lowest BCUT2D eigenvalue weighted by molar-refractivity contribution is -0.141. The lowest BCUT2D eigenvalue weighted by Crippen LogP contribution is -2.13. The predicted molar refractivity (Wildman–Crippen MR) is 63.2 cm³/mol. The summed E-state index contributed by atoms with van der Waals surface area (Å²) in [5, 5.41) is 0. The van der Waals surface area contributed by atoms with Crippen molar-refractivity contribution >= 4 is 11.6 Å². The summed E-state index contributed by atoms with van der Waals surface area (Å²) in [6.07, 6.45) is -0.231. The Morgan fingerprint density at radius 1 is 1.35 bits per heavy atom. The van der Waals surface area contributed by atoms with Crippen LogP contribution >= 0.6 is 0 Å². The normalized spacial score (nSPS) is 11.8. The standard InChI is InChI=1S/C12H12F3N3O2/c1-2-3-4-20-11(19)8-7-18-9(12(13,14)15)5-17-10(18)6-16-8/h5-7H,2-4H2,1H3. The third-order valence-corrected chi connectivity index (χ3v) is 2.63. The van der Waals surface area contributed by atoms with Gasteiger partial charge in [0.15, 0.2) is 11.3 Å². The number of alkyl halides is 3. The first-order chi connectivity index (χ1) is 9.43. The smallest absolute Gasteiger partial charge is 0.433 e. The monoisotopic (exact) mass is 287 g/mol. The van der Waals surface area contributed by atoms with Crippen LogP contribution in [0.5, 0.6) is 0 Å². The number of rotatable bonds is 4. The summed E-state index contributed by atoms with van der Waals surface area (Å²) in [6.45, 7) is 2.14. The van der Waals surface area contributed by atoms with Gasteiger partial charge >= 0.3 is 12.1 Å². The second-order valence-corrected chi connectivity index (χ2v) is 4.13. The van der Waals surface area contributed by atoms with Gasteiger partial charge in [0.1, 0.15) is 5.69 Å². The van der Waals surface area contributed by atoms with Crippen molar-refractivity contribution in [3.63, 3.8) is 0 Å². The van der Waals surface area contributed by atoms with Crippen LogP contribution in [0, 0.1) is 0 Å². The molecule has 0 aliphatic heterocycles. The van der Waals surface area contributed by atoms with Gasteiger partial charge in [0.25, 0.3) is 0 Å². The summed E-state index contributed by atoms with van der Waals surface area (Å²) >= 11 is 0. The van der Waals surface area contributed by atoms with E-state index < -0.39 is 17.8 Å². The molecular weight excluding hydrogens is 275 g/mol. The van der Waals surface area contributed by atoms with E-state index in [1.54, 1.807) is 0 Å². The van der Waals surface area contributed by atoms with Crippen LogP contribution in [0.25, 0.3) is 5.65 Å². The first kappa shape index (κ1) is 14.3. The fourth-order valence-corrected chi connectivity index (χ4v) is 1.59. The molecule has 0 aromatic carbocycles. The zero-order valence-corrected chi connectivity index (χ0v) is 10.6. The van der Waals surface area contributed by atoms with E-state index in [9.17, 15) is 18.0 Å². The largest absolute Gasteiger partial charge is 0.461 e. The molecule has 0 spiro atoms. The van der Waals surface area contributed by atoms with Gasteiger partial charge in [-0.1, -0.05) is 13.3 Å². The Morgan fingerprint density at radius 2 is 2.10 bits per heavy atom. The van der Waals surface area contributed by atoms with E-state index in [4.69, 9.17) is 4.74 Å². The Hall–Kier alpha value is -2.12. The molecule has 0 saturated carbocycles.